The fourth-order valence-corrected chi connectivity index (χ4v) is 0.691. The Kier molecular flexibility index (Phi) is 11.1. The van der Waals surface area contributed by atoms with Crippen molar-refractivity contribution in [2.75, 3.05) is 6.79 Å². The van der Waals surface area contributed by atoms with Crippen LogP contribution in [-0.2, 0) is 23.9 Å². The van der Waals surface area contributed by atoms with Gasteiger partial charge in [-0.3, -0.25) is 14.4 Å². The third-order valence-corrected chi connectivity index (χ3v) is 1.29. The number of carbonyl (C=O) groups excluding carboxylic acids is 3. The van der Waals surface area contributed by atoms with E-state index in [9.17, 15) is 14.4 Å². The summed E-state index contributed by atoms with van der Waals surface area (Å²) in [5, 5.41) is 0. The second kappa shape index (κ2) is 9.91. The summed E-state index contributed by atoms with van der Waals surface area (Å²) in [5.41, 5.74) is 0. The Hall–Kier alpha value is -0.624. The fraction of sp³-hybridized carbons (Fsp3) is 0.667. The predicted octanol–water partition coefficient (Wildman–Crippen LogP) is 0.654. The van der Waals surface area contributed by atoms with Gasteiger partial charge in [0.25, 0.3) is 0 Å². The van der Waals surface area contributed by atoms with Crippen molar-refractivity contribution in [2.24, 2.45) is 0 Å². The summed E-state index contributed by atoms with van der Waals surface area (Å²) in [7, 11) is 0. The summed E-state index contributed by atoms with van der Waals surface area (Å²) in [6.45, 7) is 2.71. The maximum atomic E-state index is 10.8. The molecule has 0 fully saturated rings. The van der Waals surface area contributed by atoms with Crippen LogP contribution in [0.15, 0.2) is 0 Å². The van der Waals surface area contributed by atoms with E-state index in [-0.39, 0.29) is 38.1 Å². The van der Waals surface area contributed by atoms with Crippen molar-refractivity contribution in [3.05, 3.63) is 0 Å². The molecule has 5 nitrogen and oxygen atoms in total. The van der Waals surface area contributed by atoms with Gasteiger partial charge in [0.2, 0.25) is 6.79 Å². The van der Waals surface area contributed by atoms with Gasteiger partial charge in [-0.05, 0) is 13.3 Å². The molecule has 6 heteroatoms. The van der Waals surface area contributed by atoms with Crippen molar-refractivity contribution in [1.82, 2.24) is 0 Å². The zero-order valence-electron chi connectivity index (χ0n) is 11.1. The molecule has 0 N–H and O–H groups in total. The molecular formula is C9H16MgO5. The van der Waals surface area contributed by atoms with E-state index in [1.807, 2.05) is 6.92 Å². The average Bonchev–Trinajstić information content (AvgIpc) is 2.02. The first-order chi connectivity index (χ1) is 6.56. The molecule has 0 radical (unpaired) electrons. The van der Waals surface area contributed by atoms with E-state index in [0.717, 1.165) is 0 Å². The molecule has 0 heterocycles. The summed E-state index contributed by atoms with van der Waals surface area (Å²) < 4.78 is 9.01. The molecule has 0 amide bonds. The summed E-state index contributed by atoms with van der Waals surface area (Å²) in [6, 6.07) is 0. The molecule has 0 unspecified atom stereocenters. The van der Waals surface area contributed by atoms with Gasteiger partial charge in [-0.25, -0.2) is 0 Å². The van der Waals surface area contributed by atoms with Crippen molar-refractivity contribution in [1.29, 1.82) is 0 Å². The monoisotopic (exact) mass is 228 g/mol. The number of hydrogen-bond acceptors (Lipinski definition) is 5. The molecule has 0 bridgehead atoms. The van der Waals surface area contributed by atoms with Gasteiger partial charge < -0.3 is 12.3 Å². The molecule has 0 aromatic carbocycles. The molecule has 0 aromatic rings. The van der Waals surface area contributed by atoms with Crippen LogP contribution in [0.1, 0.15) is 36.0 Å². The van der Waals surface area contributed by atoms with Gasteiger partial charge in [-0.15, -0.1) is 0 Å². The molecule has 0 aromatic heterocycles. The van der Waals surface area contributed by atoms with Gasteiger partial charge in [0.1, 0.15) is 12.2 Å². The van der Waals surface area contributed by atoms with E-state index < -0.39 is 18.7 Å². The summed E-state index contributed by atoms with van der Waals surface area (Å²) in [4.78, 5) is 32.0. The van der Waals surface area contributed by atoms with E-state index in [0.29, 0.717) is 12.8 Å². The number of carbonyl (C=O) groups is 3. The minimum atomic E-state index is -0.679. The normalized spacial score (nSPS) is 8.67. The second-order valence-electron chi connectivity index (χ2n) is 2.78. The zero-order chi connectivity index (χ0) is 11.0. The number of Topliss-reactive ketones (excluding diaryl/α,β-unsaturated/α-hetero) is 1. The van der Waals surface area contributed by atoms with Gasteiger partial charge in [0.15, 0.2) is 0 Å². The summed E-state index contributed by atoms with van der Waals surface area (Å²) in [5.74, 6) is -1.38. The number of ether oxygens (including phenoxy) is 2. The number of esters is 2. The standard InChI is InChI=1S/C9H14O5.Mg.2H/c1-3-4-8(11)13-6-14-9(12)5-7(2)10;;;/h3-6H2,1-2H3;;;/q;+2;2*-1. The third kappa shape index (κ3) is 11.3. The van der Waals surface area contributed by atoms with Crippen molar-refractivity contribution >= 4 is 40.8 Å². The Morgan fingerprint density at radius 3 is 2.13 bits per heavy atom. The average molecular weight is 229 g/mol. The van der Waals surface area contributed by atoms with E-state index in [4.69, 9.17) is 0 Å². The molecule has 0 aliphatic carbocycles. The van der Waals surface area contributed by atoms with Crippen LogP contribution in [-0.4, -0.2) is 47.6 Å². The van der Waals surface area contributed by atoms with Crippen LogP contribution in [0.25, 0.3) is 0 Å². The van der Waals surface area contributed by atoms with Crippen molar-refractivity contribution < 1.29 is 26.7 Å². The maximum Gasteiger partial charge on any atom is 2.00 e. The minimum absolute atomic E-state index is 0. The number of ketones is 1. The second-order valence-corrected chi connectivity index (χ2v) is 2.78. The van der Waals surface area contributed by atoms with Crippen LogP contribution in [0.4, 0.5) is 0 Å². The number of hydrogen-bond donors (Lipinski definition) is 0. The maximum absolute atomic E-state index is 10.8. The smallest absolute Gasteiger partial charge is 1.00 e. The van der Waals surface area contributed by atoms with Crippen LogP contribution >= 0.6 is 0 Å². The van der Waals surface area contributed by atoms with E-state index in [1.54, 1.807) is 0 Å². The predicted molar refractivity (Wildman–Crippen MR) is 55.2 cm³/mol. The molecule has 0 aliphatic heterocycles. The van der Waals surface area contributed by atoms with Crippen molar-refractivity contribution in [3.63, 3.8) is 0 Å². The van der Waals surface area contributed by atoms with E-state index in [2.05, 4.69) is 9.47 Å². The molecule has 0 saturated heterocycles. The van der Waals surface area contributed by atoms with Crippen LogP contribution in [0, 0.1) is 0 Å². The molecule has 0 aliphatic rings. The van der Waals surface area contributed by atoms with Crippen molar-refractivity contribution in [2.45, 2.75) is 33.1 Å². The topological polar surface area (TPSA) is 69.7 Å². The largest absolute Gasteiger partial charge is 2.00 e. The third-order valence-electron chi connectivity index (χ3n) is 1.29. The Bertz CT molecular complexity index is 235. The first-order valence-corrected chi connectivity index (χ1v) is 4.37. The van der Waals surface area contributed by atoms with Crippen LogP contribution < -0.4 is 0 Å². The van der Waals surface area contributed by atoms with Gasteiger partial charge in [-0.1, -0.05) is 6.92 Å². The van der Waals surface area contributed by atoms with E-state index >= 15 is 0 Å². The molecule has 15 heavy (non-hydrogen) atoms. The van der Waals surface area contributed by atoms with Gasteiger partial charge >= 0.3 is 35.0 Å². The first kappa shape index (κ1) is 16.8. The van der Waals surface area contributed by atoms with Gasteiger partial charge in [-0.2, -0.15) is 0 Å². The number of rotatable bonds is 6. The minimum Gasteiger partial charge on any atom is -1.00 e. The Balaban J connectivity index is -0.000000282. The van der Waals surface area contributed by atoms with Crippen LogP contribution in [0.2, 0.25) is 0 Å². The fourth-order valence-electron chi connectivity index (χ4n) is 0.691. The molecule has 0 saturated carbocycles. The summed E-state index contributed by atoms with van der Waals surface area (Å²) >= 11 is 0. The SMILES string of the molecule is CCCC(=O)OCOC(=O)CC(C)=O.[H-].[H-].[Mg+2]. The Labute approximate surface area is 108 Å². The zero-order valence-corrected chi connectivity index (χ0v) is 10.5. The molecule has 0 atom stereocenters. The molecule has 0 spiro atoms. The van der Waals surface area contributed by atoms with Gasteiger partial charge in [0.05, 0.1) is 0 Å². The van der Waals surface area contributed by atoms with Gasteiger partial charge in [0, 0.05) is 6.42 Å². The molecule has 0 rings (SSSR count). The van der Waals surface area contributed by atoms with E-state index in [1.165, 1.54) is 6.92 Å². The van der Waals surface area contributed by atoms with Crippen LogP contribution in [0.3, 0.4) is 0 Å². The Morgan fingerprint density at radius 1 is 1.13 bits per heavy atom. The molecular weight excluding hydrogens is 212 g/mol. The Morgan fingerprint density at radius 2 is 1.67 bits per heavy atom. The summed E-state index contributed by atoms with van der Waals surface area (Å²) in [6.07, 6.45) is 0.690. The quantitative estimate of drug-likeness (QED) is 0.289. The first-order valence-electron chi connectivity index (χ1n) is 4.37. The molecule has 84 valence electrons. The van der Waals surface area contributed by atoms with Crippen LogP contribution in [0.5, 0.6) is 0 Å². The van der Waals surface area contributed by atoms with Crippen molar-refractivity contribution in [3.8, 4) is 0 Å².